The van der Waals surface area contributed by atoms with Crippen molar-refractivity contribution in [2.45, 2.75) is 38.4 Å². The fourth-order valence-electron chi connectivity index (χ4n) is 5.44. The van der Waals surface area contributed by atoms with Crippen LogP contribution >= 0.6 is 15.9 Å². The summed E-state index contributed by atoms with van der Waals surface area (Å²) < 4.78 is 0.956. The van der Waals surface area contributed by atoms with Crippen LogP contribution in [0, 0.1) is 13.8 Å². The number of halogens is 1. The van der Waals surface area contributed by atoms with Gasteiger partial charge in [-0.25, -0.2) is 9.91 Å². The summed E-state index contributed by atoms with van der Waals surface area (Å²) >= 11 is 3.46. The van der Waals surface area contributed by atoms with E-state index in [0.717, 1.165) is 32.4 Å². The standard InChI is InChI=1S/C29H25BrN6O3/c1-17-7-6-8-18(2)26(17)35-28(38)25-27(29(35)39)34(33-31-25)16-24(37)36-23(20-9-4-3-5-10-20)15-22(32-36)19-11-13-21(30)14-12-19/h3-14,23,25,27H,15-16H2,1-2H3/t23-,25-,27-/m0/s1. The minimum atomic E-state index is -0.977. The zero-order chi connectivity index (χ0) is 27.3. The van der Waals surface area contributed by atoms with Crippen molar-refractivity contribution in [3.05, 3.63) is 99.5 Å². The molecule has 1 saturated heterocycles. The number of hydrazone groups is 1. The van der Waals surface area contributed by atoms with Gasteiger partial charge in [-0.15, -0.1) is 0 Å². The molecule has 1 fully saturated rings. The fourth-order valence-corrected chi connectivity index (χ4v) is 5.70. The van der Waals surface area contributed by atoms with Crippen molar-refractivity contribution in [1.82, 2.24) is 10.0 Å². The van der Waals surface area contributed by atoms with E-state index >= 15 is 0 Å². The van der Waals surface area contributed by atoms with E-state index in [2.05, 4.69) is 26.3 Å². The van der Waals surface area contributed by atoms with Gasteiger partial charge >= 0.3 is 0 Å². The van der Waals surface area contributed by atoms with Crippen LogP contribution in [0.5, 0.6) is 0 Å². The highest BCUT2D eigenvalue weighted by Gasteiger charge is 2.55. The molecule has 0 aliphatic carbocycles. The second-order valence-corrected chi connectivity index (χ2v) is 10.8. The smallest absolute Gasteiger partial charge is 0.264 e. The number of nitrogens with zero attached hydrogens (tertiary/aromatic N) is 6. The van der Waals surface area contributed by atoms with Crippen LogP contribution < -0.4 is 4.90 Å². The number of imide groups is 1. The summed E-state index contributed by atoms with van der Waals surface area (Å²) in [5, 5.41) is 15.7. The van der Waals surface area contributed by atoms with Crippen molar-refractivity contribution < 1.29 is 14.4 Å². The summed E-state index contributed by atoms with van der Waals surface area (Å²) in [6.45, 7) is 3.49. The largest absolute Gasteiger partial charge is 0.271 e. The molecule has 0 spiro atoms. The van der Waals surface area contributed by atoms with E-state index in [1.165, 1.54) is 14.9 Å². The highest BCUT2D eigenvalue weighted by atomic mass is 79.9. The van der Waals surface area contributed by atoms with E-state index in [4.69, 9.17) is 5.10 Å². The van der Waals surface area contributed by atoms with Crippen LogP contribution in [0.1, 0.15) is 34.7 Å². The predicted molar refractivity (Wildman–Crippen MR) is 149 cm³/mol. The van der Waals surface area contributed by atoms with Crippen molar-refractivity contribution in [2.75, 3.05) is 11.4 Å². The Labute approximate surface area is 233 Å². The molecule has 196 valence electrons. The molecule has 0 N–H and O–H groups in total. The van der Waals surface area contributed by atoms with Gasteiger partial charge in [0.05, 0.1) is 17.4 Å². The van der Waals surface area contributed by atoms with E-state index in [9.17, 15) is 14.4 Å². The molecule has 3 heterocycles. The second kappa shape index (κ2) is 9.85. The van der Waals surface area contributed by atoms with Crippen molar-refractivity contribution in [1.29, 1.82) is 0 Å². The van der Waals surface area contributed by atoms with Gasteiger partial charge in [-0.2, -0.15) is 10.2 Å². The molecule has 0 unspecified atom stereocenters. The van der Waals surface area contributed by atoms with Crippen LogP contribution in [0.15, 0.2) is 92.7 Å². The van der Waals surface area contributed by atoms with Gasteiger partial charge in [0.15, 0.2) is 12.1 Å². The maximum atomic E-state index is 13.7. The summed E-state index contributed by atoms with van der Waals surface area (Å²) in [5.74, 6) is -1.19. The average molecular weight is 585 g/mol. The molecule has 0 aromatic heterocycles. The molecule has 0 bridgehead atoms. The number of amides is 3. The van der Waals surface area contributed by atoms with Gasteiger partial charge in [0, 0.05) is 10.9 Å². The molecule has 0 saturated carbocycles. The van der Waals surface area contributed by atoms with E-state index in [-0.39, 0.29) is 18.5 Å². The number of anilines is 1. The predicted octanol–water partition coefficient (Wildman–Crippen LogP) is 4.74. The van der Waals surface area contributed by atoms with Crippen molar-refractivity contribution in [3.63, 3.8) is 0 Å². The number of carbonyl (C=O) groups excluding carboxylic acids is 3. The van der Waals surface area contributed by atoms with Gasteiger partial charge in [-0.1, -0.05) is 81.8 Å². The number of hydrogen-bond acceptors (Lipinski definition) is 7. The molecule has 6 rings (SSSR count). The molecule has 3 aromatic rings. The molecule has 3 amide bonds. The minimum absolute atomic E-state index is 0.231. The Kier molecular flexibility index (Phi) is 6.34. The van der Waals surface area contributed by atoms with Gasteiger partial charge in [-0.05, 0) is 48.2 Å². The van der Waals surface area contributed by atoms with Crippen molar-refractivity contribution in [3.8, 4) is 0 Å². The molecule has 9 nitrogen and oxygen atoms in total. The van der Waals surface area contributed by atoms with E-state index in [0.29, 0.717) is 12.1 Å². The Morgan fingerprint density at radius 3 is 2.31 bits per heavy atom. The van der Waals surface area contributed by atoms with Gasteiger partial charge in [-0.3, -0.25) is 19.4 Å². The average Bonchev–Trinajstić information content (AvgIpc) is 3.62. The van der Waals surface area contributed by atoms with Gasteiger partial charge < -0.3 is 0 Å². The topological polar surface area (TPSA) is 98.0 Å². The number of aryl methyl sites for hydroxylation is 2. The SMILES string of the molecule is Cc1cccc(C)c1N1C(=O)[C@H]2N=NN(CC(=O)N3N=C(c4ccc(Br)cc4)C[C@H]3c3ccccc3)[C@@H]2C1=O. The minimum Gasteiger partial charge on any atom is -0.271 e. The van der Waals surface area contributed by atoms with E-state index in [1.807, 2.05) is 86.6 Å². The van der Waals surface area contributed by atoms with E-state index < -0.39 is 23.9 Å². The van der Waals surface area contributed by atoms with Gasteiger partial charge in [0.25, 0.3) is 17.7 Å². The first kappa shape index (κ1) is 25.1. The Balaban J connectivity index is 1.27. The lowest BCUT2D eigenvalue weighted by atomic mass is 9.98. The molecule has 10 heteroatoms. The Bertz CT molecular complexity index is 1520. The lowest BCUT2D eigenvalue weighted by Gasteiger charge is -2.26. The highest BCUT2D eigenvalue weighted by Crippen LogP contribution is 2.37. The molecular formula is C29H25BrN6O3. The summed E-state index contributed by atoms with van der Waals surface area (Å²) in [6, 6.07) is 20.9. The molecule has 39 heavy (non-hydrogen) atoms. The first-order valence-electron chi connectivity index (χ1n) is 12.7. The van der Waals surface area contributed by atoms with Crippen molar-refractivity contribution in [2.24, 2.45) is 15.4 Å². The normalized spacial score (nSPS) is 22.1. The molecule has 0 radical (unpaired) electrons. The van der Waals surface area contributed by atoms with Crippen LogP contribution in [0.3, 0.4) is 0 Å². The number of hydrogen-bond donors (Lipinski definition) is 0. The summed E-state index contributed by atoms with van der Waals surface area (Å²) in [7, 11) is 0. The van der Waals surface area contributed by atoms with Crippen LogP contribution in [-0.4, -0.2) is 52.1 Å². The molecular weight excluding hydrogens is 560 g/mol. The zero-order valence-electron chi connectivity index (χ0n) is 21.4. The number of para-hydroxylation sites is 1. The van der Waals surface area contributed by atoms with Crippen LogP contribution in [0.25, 0.3) is 0 Å². The van der Waals surface area contributed by atoms with Crippen molar-refractivity contribution >= 4 is 45.1 Å². The fraction of sp³-hybridized carbons (Fsp3) is 0.241. The Hall–Kier alpha value is -4.18. The maximum absolute atomic E-state index is 13.7. The third-order valence-corrected chi connectivity index (χ3v) is 7.87. The Morgan fingerprint density at radius 2 is 1.62 bits per heavy atom. The van der Waals surface area contributed by atoms with Gasteiger partial charge in [0.1, 0.15) is 6.54 Å². The third kappa shape index (κ3) is 4.34. The molecule has 3 aliphatic rings. The second-order valence-electron chi connectivity index (χ2n) is 9.87. The first-order chi connectivity index (χ1) is 18.8. The number of fused-ring (bicyclic) bond motifs is 1. The van der Waals surface area contributed by atoms with Crippen LogP contribution in [-0.2, 0) is 14.4 Å². The number of rotatable bonds is 5. The van der Waals surface area contributed by atoms with Crippen LogP contribution in [0.2, 0.25) is 0 Å². The zero-order valence-corrected chi connectivity index (χ0v) is 22.9. The summed E-state index contributed by atoms with van der Waals surface area (Å²) in [4.78, 5) is 41.7. The Morgan fingerprint density at radius 1 is 0.923 bits per heavy atom. The molecule has 3 atom stereocenters. The molecule has 3 aliphatic heterocycles. The summed E-state index contributed by atoms with van der Waals surface area (Å²) in [6.07, 6.45) is 0.544. The molecule has 3 aromatic carbocycles. The number of carbonyl (C=O) groups is 3. The quantitative estimate of drug-likeness (QED) is 0.404. The van der Waals surface area contributed by atoms with E-state index in [1.54, 1.807) is 0 Å². The van der Waals surface area contributed by atoms with Gasteiger partial charge in [0.2, 0.25) is 0 Å². The lowest BCUT2D eigenvalue weighted by molar-refractivity contribution is -0.135. The third-order valence-electron chi connectivity index (χ3n) is 7.35. The number of benzene rings is 3. The summed E-state index contributed by atoms with van der Waals surface area (Å²) in [5.41, 5.74) is 4.87. The van der Waals surface area contributed by atoms with Crippen LogP contribution in [0.4, 0.5) is 5.69 Å². The monoisotopic (exact) mass is 584 g/mol. The maximum Gasteiger partial charge on any atom is 0.264 e. The first-order valence-corrected chi connectivity index (χ1v) is 13.4. The lowest BCUT2D eigenvalue weighted by Crippen LogP contribution is -2.45. The highest BCUT2D eigenvalue weighted by molar-refractivity contribution is 9.10.